The summed E-state index contributed by atoms with van der Waals surface area (Å²) in [5, 5.41) is 0. The van der Waals surface area contributed by atoms with Gasteiger partial charge in [-0.05, 0) is 19.4 Å². The molecule has 1 aliphatic rings. The van der Waals surface area contributed by atoms with E-state index in [1.165, 1.54) is 0 Å². The molecule has 0 radical (unpaired) electrons. The fourth-order valence-electron chi connectivity index (χ4n) is 2.69. The van der Waals surface area contributed by atoms with Crippen molar-refractivity contribution in [2.24, 2.45) is 0 Å². The number of carbonyl (C=O) groups excluding carboxylic acids is 2. The molecule has 0 saturated carbocycles. The zero-order chi connectivity index (χ0) is 14.5. The Morgan fingerprint density at radius 3 is 2.75 bits per heavy atom. The van der Waals surface area contributed by atoms with Crippen LogP contribution in [-0.4, -0.2) is 35.8 Å². The number of ether oxygens (including phenoxy) is 1. The molecule has 2 rings (SSSR count). The molecule has 1 aromatic rings. The van der Waals surface area contributed by atoms with Gasteiger partial charge in [0.15, 0.2) is 0 Å². The monoisotopic (exact) mass is 275 g/mol. The van der Waals surface area contributed by atoms with Gasteiger partial charge in [-0.3, -0.25) is 14.5 Å². The average molecular weight is 275 g/mol. The normalized spacial score (nSPS) is 21.5. The van der Waals surface area contributed by atoms with E-state index in [0.717, 1.165) is 5.56 Å². The van der Waals surface area contributed by atoms with Crippen LogP contribution in [0.25, 0.3) is 0 Å². The molecule has 1 saturated heterocycles. The van der Waals surface area contributed by atoms with Crippen molar-refractivity contribution in [3.8, 4) is 0 Å². The molecule has 1 aromatic carbocycles. The second-order valence-electron chi connectivity index (χ2n) is 5.09. The zero-order valence-corrected chi connectivity index (χ0v) is 12.0. The zero-order valence-electron chi connectivity index (χ0n) is 12.0. The SMILES string of the molecule is CCOC(=O)C1CC(=O)CCN1C(C)c1ccccc1. The van der Waals surface area contributed by atoms with Crippen LogP contribution in [0.3, 0.4) is 0 Å². The number of ketones is 1. The highest BCUT2D eigenvalue weighted by Crippen LogP contribution is 2.27. The maximum absolute atomic E-state index is 12.1. The lowest BCUT2D eigenvalue weighted by Gasteiger charge is -2.37. The van der Waals surface area contributed by atoms with Gasteiger partial charge in [-0.15, -0.1) is 0 Å². The number of hydrogen-bond donors (Lipinski definition) is 0. The number of nitrogens with zero attached hydrogens (tertiary/aromatic N) is 1. The van der Waals surface area contributed by atoms with Crippen molar-refractivity contribution < 1.29 is 14.3 Å². The van der Waals surface area contributed by atoms with Gasteiger partial charge in [-0.2, -0.15) is 0 Å². The molecule has 1 heterocycles. The number of carbonyl (C=O) groups is 2. The van der Waals surface area contributed by atoms with E-state index in [0.29, 0.717) is 19.6 Å². The maximum Gasteiger partial charge on any atom is 0.323 e. The number of rotatable bonds is 4. The fourth-order valence-corrected chi connectivity index (χ4v) is 2.69. The summed E-state index contributed by atoms with van der Waals surface area (Å²) < 4.78 is 5.11. The highest BCUT2D eigenvalue weighted by molar-refractivity contribution is 5.87. The molecule has 2 unspecified atom stereocenters. The standard InChI is InChI=1S/C16H21NO3/c1-3-20-16(19)15-11-14(18)9-10-17(15)12(2)13-7-5-4-6-8-13/h4-8,12,15H,3,9-11H2,1-2H3. The molecule has 0 N–H and O–H groups in total. The first-order chi connectivity index (χ1) is 9.63. The summed E-state index contributed by atoms with van der Waals surface area (Å²) >= 11 is 0. The van der Waals surface area contributed by atoms with E-state index in [4.69, 9.17) is 4.74 Å². The first-order valence-corrected chi connectivity index (χ1v) is 7.12. The van der Waals surface area contributed by atoms with Crippen molar-refractivity contribution in [1.82, 2.24) is 4.90 Å². The van der Waals surface area contributed by atoms with Crippen LogP contribution in [0.5, 0.6) is 0 Å². The van der Waals surface area contributed by atoms with E-state index in [1.807, 2.05) is 30.3 Å². The predicted molar refractivity (Wildman–Crippen MR) is 76.2 cm³/mol. The third-order valence-corrected chi connectivity index (χ3v) is 3.81. The molecule has 0 aliphatic carbocycles. The molecule has 0 bridgehead atoms. The van der Waals surface area contributed by atoms with Crippen LogP contribution >= 0.6 is 0 Å². The number of Topliss-reactive ketones (excluding diaryl/α,β-unsaturated/α-hetero) is 1. The topological polar surface area (TPSA) is 46.6 Å². The van der Waals surface area contributed by atoms with Crippen molar-refractivity contribution in [1.29, 1.82) is 0 Å². The quantitative estimate of drug-likeness (QED) is 0.791. The summed E-state index contributed by atoms with van der Waals surface area (Å²) in [5.41, 5.74) is 1.15. The van der Waals surface area contributed by atoms with Crippen molar-refractivity contribution >= 4 is 11.8 Å². The Bertz CT molecular complexity index is 472. The minimum Gasteiger partial charge on any atom is -0.465 e. The van der Waals surface area contributed by atoms with Crippen LogP contribution in [0.1, 0.15) is 38.3 Å². The first kappa shape index (κ1) is 14.7. The van der Waals surface area contributed by atoms with Gasteiger partial charge in [0.2, 0.25) is 0 Å². The van der Waals surface area contributed by atoms with E-state index in [2.05, 4.69) is 11.8 Å². The molecule has 4 nitrogen and oxygen atoms in total. The smallest absolute Gasteiger partial charge is 0.323 e. The molecule has 1 fully saturated rings. The molecule has 1 aliphatic heterocycles. The lowest BCUT2D eigenvalue weighted by Crippen LogP contribution is -2.49. The van der Waals surface area contributed by atoms with Gasteiger partial charge in [0.05, 0.1) is 6.61 Å². The number of hydrogen-bond acceptors (Lipinski definition) is 4. The highest BCUT2D eigenvalue weighted by atomic mass is 16.5. The summed E-state index contributed by atoms with van der Waals surface area (Å²) in [5.74, 6) is -0.150. The minimum absolute atomic E-state index is 0.0960. The minimum atomic E-state index is -0.452. The number of piperidine rings is 1. The molecule has 0 aromatic heterocycles. The first-order valence-electron chi connectivity index (χ1n) is 7.12. The summed E-state index contributed by atoms with van der Waals surface area (Å²) in [6.45, 7) is 4.81. The van der Waals surface area contributed by atoms with Gasteiger partial charge in [0.1, 0.15) is 11.8 Å². The summed E-state index contributed by atoms with van der Waals surface area (Å²) in [7, 11) is 0. The summed E-state index contributed by atoms with van der Waals surface area (Å²) in [6, 6.07) is 9.68. The molecule has 20 heavy (non-hydrogen) atoms. The molecule has 0 spiro atoms. The Morgan fingerprint density at radius 1 is 1.40 bits per heavy atom. The van der Waals surface area contributed by atoms with Gasteiger partial charge in [0.25, 0.3) is 0 Å². The van der Waals surface area contributed by atoms with Crippen molar-refractivity contribution in [2.45, 2.75) is 38.8 Å². The Kier molecular flexibility index (Phi) is 4.90. The highest BCUT2D eigenvalue weighted by Gasteiger charge is 2.36. The van der Waals surface area contributed by atoms with E-state index >= 15 is 0 Å². The van der Waals surface area contributed by atoms with Crippen LogP contribution in [0.15, 0.2) is 30.3 Å². The third kappa shape index (κ3) is 3.25. The van der Waals surface area contributed by atoms with Crippen molar-refractivity contribution in [2.75, 3.05) is 13.2 Å². The second kappa shape index (κ2) is 6.66. The van der Waals surface area contributed by atoms with Gasteiger partial charge in [0, 0.05) is 25.4 Å². The van der Waals surface area contributed by atoms with Crippen molar-refractivity contribution in [3.63, 3.8) is 0 Å². The molecule has 108 valence electrons. The number of esters is 1. The average Bonchev–Trinajstić information content (AvgIpc) is 2.47. The van der Waals surface area contributed by atoms with Crippen LogP contribution in [0.2, 0.25) is 0 Å². The van der Waals surface area contributed by atoms with Crippen LogP contribution < -0.4 is 0 Å². The van der Waals surface area contributed by atoms with Gasteiger partial charge < -0.3 is 4.74 Å². The number of benzene rings is 1. The lowest BCUT2D eigenvalue weighted by atomic mass is 9.96. The molecular formula is C16H21NO3. The number of likely N-dealkylation sites (tertiary alicyclic amines) is 1. The van der Waals surface area contributed by atoms with Crippen LogP contribution in [0.4, 0.5) is 0 Å². The molecular weight excluding hydrogens is 254 g/mol. The van der Waals surface area contributed by atoms with E-state index in [9.17, 15) is 9.59 Å². The van der Waals surface area contributed by atoms with Crippen LogP contribution in [-0.2, 0) is 14.3 Å². The van der Waals surface area contributed by atoms with Gasteiger partial charge >= 0.3 is 5.97 Å². The largest absolute Gasteiger partial charge is 0.465 e. The Morgan fingerprint density at radius 2 is 2.10 bits per heavy atom. The van der Waals surface area contributed by atoms with E-state index in [-0.39, 0.29) is 24.2 Å². The molecule has 2 atom stereocenters. The maximum atomic E-state index is 12.1. The van der Waals surface area contributed by atoms with Gasteiger partial charge in [-0.1, -0.05) is 30.3 Å². The second-order valence-corrected chi connectivity index (χ2v) is 5.09. The Hall–Kier alpha value is -1.68. The third-order valence-electron chi connectivity index (χ3n) is 3.81. The molecule has 4 heteroatoms. The lowest BCUT2D eigenvalue weighted by molar-refractivity contribution is -0.154. The fraction of sp³-hybridized carbons (Fsp3) is 0.500. The Balaban J connectivity index is 2.18. The summed E-state index contributed by atoms with van der Waals surface area (Å²) in [6.07, 6.45) is 0.767. The summed E-state index contributed by atoms with van der Waals surface area (Å²) in [4.78, 5) is 25.8. The molecule has 0 amide bonds. The Labute approximate surface area is 119 Å². The van der Waals surface area contributed by atoms with E-state index < -0.39 is 6.04 Å². The van der Waals surface area contributed by atoms with Crippen LogP contribution in [0, 0.1) is 0 Å². The van der Waals surface area contributed by atoms with E-state index in [1.54, 1.807) is 6.92 Å². The van der Waals surface area contributed by atoms with Crippen molar-refractivity contribution in [3.05, 3.63) is 35.9 Å². The predicted octanol–water partition coefficient (Wildman–Crippen LogP) is 2.34. The van der Waals surface area contributed by atoms with Gasteiger partial charge in [-0.25, -0.2) is 0 Å².